The summed E-state index contributed by atoms with van der Waals surface area (Å²) in [4.78, 5) is -0.280. The molecule has 2 rings (SSSR count). The number of rotatable bonds is 4. The largest absolute Gasteiger partial charge is 0.244 e. The molecule has 0 heterocycles. The van der Waals surface area contributed by atoms with Crippen LogP contribution in [0, 0.1) is 5.82 Å². The van der Waals surface area contributed by atoms with Crippen molar-refractivity contribution in [1.82, 2.24) is 4.72 Å². The zero-order valence-corrected chi connectivity index (χ0v) is 12.2. The first-order valence-electron chi connectivity index (χ1n) is 5.84. The van der Waals surface area contributed by atoms with E-state index in [9.17, 15) is 12.8 Å². The normalized spacial score (nSPS) is 19.0. The number of halogens is 2. The van der Waals surface area contributed by atoms with Gasteiger partial charge in [0.15, 0.2) is 0 Å². The van der Waals surface area contributed by atoms with E-state index in [-0.39, 0.29) is 4.90 Å². The second-order valence-corrected chi connectivity index (χ2v) is 6.87. The van der Waals surface area contributed by atoms with E-state index in [1.165, 1.54) is 18.2 Å². The molecule has 1 aliphatic carbocycles. The van der Waals surface area contributed by atoms with Crippen molar-refractivity contribution in [2.24, 2.45) is 0 Å². The lowest BCUT2D eigenvalue weighted by Gasteiger charge is -2.27. The van der Waals surface area contributed by atoms with Gasteiger partial charge in [-0.1, -0.05) is 40.9 Å². The van der Waals surface area contributed by atoms with Gasteiger partial charge in [0.2, 0.25) is 10.0 Å². The second kappa shape index (κ2) is 5.27. The van der Waals surface area contributed by atoms with Crippen LogP contribution in [0.15, 0.2) is 29.2 Å². The van der Waals surface area contributed by atoms with Gasteiger partial charge in [-0.3, -0.25) is 0 Å². The van der Waals surface area contributed by atoms with Gasteiger partial charge >= 0.3 is 0 Å². The van der Waals surface area contributed by atoms with E-state index in [4.69, 9.17) is 0 Å². The predicted octanol–water partition coefficient (Wildman–Crippen LogP) is 2.81. The Bertz CT molecular complexity index is 527. The van der Waals surface area contributed by atoms with Crippen molar-refractivity contribution in [3.63, 3.8) is 0 Å². The molecular formula is C12H15BrFNO2S. The molecule has 0 radical (unpaired) electrons. The van der Waals surface area contributed by atoms with Crippen molar-refractivity contribution in [1.29, 1.82) is 0 Å². The van der Waals surface area contributed by atoms with Crippen molar-refractivity contribution in [2.75, 3.05) is 5.33 Å². The topological polar surface area (TPSA) is 46.2 Å². The molecule has 0 amide bonds. The van der Waals surface area contributed by atoms with Crippen LogP contribution >= 0.6 is 15.9 Å². The molecule has 1 fully saturated rings. The fraction of sp³-hybridized carbons (Fsp3) is 0.500. The van der Waals surface area contributed by atoms with Gasteiger partial charge in [-0.05, 0) is 25.0 Å². The molecule has 1 aromatic rings. The lowest BCUT2D eigenvalue weighted by molar-refractivity contribution is 0.435. The Labute approximate surface area is 115 Å². The Hall–Kier alpha value is -0.460. The molecule has 0 spiro atoms. The zero-order valence-electron chi connectivity index (χ0n) is 9.83. The Morgan fingerprint density at radius 2 is 1.89 bits per heavy atom. The fourth-order valence-corrected chi connectivity index (χ4v) is 4.74. The van der Waals surface area contributed by atoms with Crippen LogP contribution in [0.1, 0.15) is 25.7 Å². The maximum atomic E-state index is 13.6. The molecule has 100 valence electrons. The lowest BCUT2D eigenvalue weighted by Crippen LogP contribution is -2.47. The highest BCUT2D eigenvalue weighted by atomic mass is 79.9. The first kappa shape index (κ1) is 14.0. The zero-order chi connectivity index (χ0) is 13.2. The molecule has 1 aromatic carbocycles. The molecule has 0 bridgehead atoms. The Morgan fingerprint density at radius 1 is 1.28 bits per heavy atom. The third-order valence-corrected chi connectivity index (χ3v) is 5.98. The van der Waals surface area contributed by atoms with E-state index in [0.717, 1.165) is 31.7 Å². The van der Waals surface area contributed by atoms with E-state index in [0.29, 0.717) is 5.33 Å². The van der Waals surface area contributed by atoms with E-state index in [1.54, 1.807) is 0 Å². The van der Waals surface area contributed by atoms with Crippen LogP contribution in [0.5, 0.6) is 0 Å². The van der Waals surface area contributed by atoms with E-state index in [2.05, 4.69) is 20.7 Å². The summed E-state index contributed by atoms with van der Waals surface area (Å²) in [5.41, 5.74) is -0.471. The van der Waals surface area contributed by atoms with Crippen LogP contribution < -0.4 is 4.72 Å². The predicted molar refractivity (Wildman–Crippen MR) is 71.7 cm³/mol. The number of nitrogens with one attached hydrogen (secondary N) is 1. The molecular weight excluding hydrogens is 321 g/mol. The maximum Gasteiger partial charge on any atom is 0.244 e. The van der Waals surface area contributed by atoms with Crippen LogP contribution in [-0.4, -0.2) is 19.3 Å². The van der Waals surface area contributed by atoms with Gasteiger partial charge in [-0.2, -0.15) is 0 Å². The van der Waals surface area contributed by atoms with Crippen LogP contribution in [0.25, 0.3) is 0 Å². The Kier molecular flexibility index (Phi) is 4.08. The highest BCUT2D eigenvalue weighted by Crippen LogP contribution is 2.33. The number of hydrogen-bond acceptors (Lipinski definition) is 2. The van der Waals surface area contributed by atoms with Crippen molar-refractivity contribution in [3.05, 3.63) is 30.1 Å². The van der Waals surface area contributed by atoms with Gasteiger partial charge in [0, 0.05) is 10.9 Å². The van der Waals surface area contributed by atoms with Crippen molar-refractivity contribution in [3.8, 4) is 0 Å². The molecule has 3 nitrogen and oxygen atoms in total. The average molecular weight is 336 g/mol. The molecule has 6 heteroatoms. The summed E-state index contributed by atoms with van der Waals surface area (Å²) in [6, 6.07) is 5.44. The third kappa shape index (κ3) is 2.75. The minimum Gasteiger partial charge on any atom is -0.207 e. The molecule has 0 saturated heterocycles. The monoisotopic (exact) mass is 335 g/mol. The van der Waals surface area contributed by atoms with Crippen molar-refractivity contribution < 1.29 is 12.8 Å². The number of sulfonamides is 1. The fourth-order valence-electron chi connectivity index (χ4n) is 2.32. The summed E-state index contributed by atoms with van der Waals surface area (Å²) in [5.74, 6) is -0.715. The number of hydrogen-bond donors (Lipinski definition) is 1. The number of benzene rings is 1. The van der Waals surface area contributed by atoms with E-state index >= 15 is 0 Å². The molecule has 1 aliphatic rings. The van der Waals surface area contributed by atoms with Gasteiger partial charge < -0.3 is 0 Å². The van der Waals surface area contributed by atoms with Crippen LogP contribution in [0.2, 0.25) is 0 Å². The lowest BCUT2D eigenvalue weighted by atomic mass is 10.0. The van der Waals surface area contributed by atoms with Gasteiger partial charge in [-0.25, -0.2) is 17.5 Å². The summed E-state index contributed by atoms with van der Waals surface area (Å²) < 4.78 is 40.6. The van der Waals surface area contributed by atoms with E-state index < -0.39 is 21.4 Å². The molecule has 0 aromatic heterocycles. The summed E-state index contributed by atoms with van der Waals surface area (Å²) in [6.45, 7) is 0. The highest BCUT2D eigenvalue weighted by Gasteiger charge is 2.37. The van der Waals surface area contributed by atoms with E-state index in [1.807, 2.05) is 0 Å². The smallest absolute Gasteiger partial charge is 0.207 e. The molecule has 18 heavy (non-hydrogen) atoms. The maximum absolute atomic E-state index is 13.6. The first-order valence-corrected chi connectivity index (χ1v) is 8.44. The van der Waals surface area contributed by atoms with Crippen molar-refractivity contribution >= 4 is 26.0 Å². The highest BCUT2D eigenvalue weighted by molar-refractivity contribution is 9.09. The molecule has 0 unspecified atom stereocenters. The molecule has 1 N–H and O–H groups in total. The quantitative estimate of drug-likeness (QED) is 0.860. The average Bonchev–Trinajstić information content (AvgIpc) is 2.78. The molecule has 0 aliphatic heterocycles. The second-order valence-electron chi connectivity index (χ2n) is 4.66. The number of alkyl halides is 1. The standard InChI is InChI=1S/C12H15BrFNO2S/c13-9-12(7-3-4-8-12)15-18(16,17)11-6-2-1-5-10(11)14/h1-2,5-6,15H,3-4,7-9H2. The van der Waals surface area contributed by atoms with Crippen LogP contribution in [0.4, 0.5) is 4.39 Å². The van der Waals surface area contributed by atoms with Crippen molar-refractivity contribution in [2.45, 2.75) is 36.1 Å². The Balaban J connectivity index is 2.30. The summed E-state index contributed by atoms with van der Waals surface area (Å²) >= 11 is 3.36. The molecule has 1 saturated carbocycles. The Morgan fingerprint density at radius 3 is 2.44 bits per heavy atom. The third-order valence-electron chi connectivity index (χ3n) is 3.29. The van der Waals surface area contributed by atoms with Crippen LogP contribution in [-0.2, 0) is 10.0 Å². The molecule has 0 atom stereocenters. The SMILES string of the molecule is O=S(=O)(NC1(CBr)CCCC1)c1ccccc1F. The summed E-state index contributed by atoms with van der Waals surface area (Å²) in [5, 5.41) is 0.549. The first-order chi connectivity index (χ1) is 8.49. The minimum atomic E-state index is -3.80. The van der Waals surface area contributed by atoms with Gasteiger partial charge in [0.1, 0.15) is 10.7 Å². The summed E-state index contributed by atoms with van der Waals surface area (Å²) in [6.07, 6.45) is 3.55. The van der Waals surface area contributed by atoms with Gasteiger partial charge in [0.25, 0.3) is 0 Å². The summed E-state index contributed by atoms with van der Waals surface area (Å²) in [7, 11) is -3.80. The van der Waals surface area contributed by atoms with Gasteiger partial charge in [0.05, 0.1) is 0 Å². The van der Waals surface area contributed by atoms with Crippen LogP contribution in [0.3, 0.4) is 0 Å². The van der Waals surface area contributed by atoms with Gasteiger partial charge in [-0.15, -0.1) is 0 Å². The minimum absolute atomic E-state index is 0.280.